The van der Waals surface area contributed by atoms with Crippen LogP contribution in [0.1, 0.15) is 5.56 Å². The minimum Gasteiger partial charge on any atom is -0.300 e. The van der Waals surface area contributed by atoms with E-state index in [2.05, 4.69) is 4.84 Å². The van der Waals surface area contributed by atoms with Crippen LogP contribution < -0.4 is 5.90 Å². The van der Waals surface area contributed by atoms with E-state index in [1.54, 1.807) is 6.07 Å². The summed E-state index contributed by atoms with van der Waals surface area (Å²) in [6, 6.07) is 4.31. The molecule has 0 saturated carbocycles. The van der Waals surface area contributed by atoms with Crippen LogP contribution in [0.4, 0.5) is 5.69 Å². The average Bonchev–Trinajstić information content (AvgIpc) is 2.08. The van der Waals surface area contributed by atoms with Crippen molar-refractivity contribution in [3.05, 3.63) is 38.9 Å². The van der Waals surface area contributed by atoms with Crippen LogP contribution in [0.25, 0.3) is 0 Å². The quantitative estimate of drug-likeness (QED) is 0.597. The van der Waals surface area contributed by atoms with Crippen LogP contribution in [0.15, 0.2) is 18.2 Å². The molecule has 0 aliphatic carbocycles. The van der Waals surface area contributed by atoms with Gasteiger partial charge in [0.2, 0.25) is 0 Å². The number of halogens is 1. The number of nitro groups is 1. The molecule has 0 amide bonds. The van der Waals surface area contributed by atoms with Gasteiger partial charge in [-0.25, -0.2) is 5.90 Å². The Kier molecular flexibility index (Phi) is 3.18. The van der Waals surface area contributed by atoms with Crippen molar-refractivity contribution in [3.63, 3.8) is 0 Å². The van der Waals surface area contributed by atoms with Crippen LogP contribution in [0.2, 0.25) is 5.02 Å². The number of rotatable bonds is 3. The summed E-state index contributed by atoms with van der Waals surface area (Å²) >= 11 is 5.58. The van der Waals surface area contributed by atoms with Crippen molar-refractivity contribution >= 4 is 17.3 Å². The lowest BCUT2D eigenvalue weighted by molar-refractivity contribution is -0.385. The Balaban J connectivity index is 3.10. The number of nitro benzene ring substituents is 1. The van der Waals surface area contributed by atoms with Gasteiger partial charge in [0.25, 0.3) is 5.69 Å². The number of nitrogens with two attached hydrogens (primary N) is 1. The van der Waals surface area contributed by atoms with Crippen molar-refractivity contribution in [2.24, 2.45) is 5.90 Å². The first-order chi connectivity index (χ1) is 6.15. The molecule has 0 atom stereocenters. The minimum absolute atomic E-state index is 0.00647. The normalized spacial score (nSPS) is 10.0. The Morgan fingerprint density at radius 1 is 1.62 bits per heavy atom. The fraction of sp³-hybridized carbons (Fsp3) is 0.143. The van der Waals surface area contributed by atoms with E-state index in [-0.39, 0.29) is 12.3 Å². The summed E-state index contributed by atoms with van der Waals surface area (Å²) in [5.41, 5.74) is 0.315. The highest BCUT2D eigenvalue weighted by Crippen LogP contribution is 2.23. The summed E-state index contributed by atoms with van der Waals surface area (Å²) in [5.74, 6) is 4.81. The van der Waals surface area contributed by atoms with E-state index in [0.29, 0.717) is 10.6 Å². The van der Waals surface area contributed by atoms with Gasteiger partial charge in [-0.05, 0) is 12.1 Å². The fourth-order valence-electron chi connectivity index (χ4n) is 0.919. The third-order valence-electron chi connectivity index (χ3n) is 1.48. The second kappa shape index (κ2) is 4.18. The molecule has 5 nitrogen and oxygen atoms in total. The zero-order chi connectivity index (χ0) is 9.84. The van der Waals surface area contributed by atoms with Crippen LogP contribution >= 0.6 is 11.6 Å². The standard InChI is InChI=1S/C7H7ClN2O3/c8-6-2-1-5(4-13-9)7(3-6)10(11)12/h1-3H,4,9H2. The average molecular weight is 203 g/mol. The molecular formula is C7H7ClN2O3. The highest BCUT2D eigenvalue weighted by molar-refractivity contribution is 6.30. The molecule has 0 saturated heterocycles. The van der Waals surface area contributed by atoms with Crippen molar-refractivity contribution < 1.29 is 9.76 Å². The van der Waals surface area contributed by atoms with E-state index in [9.17, 15) is 10.1 Å². The van der Waals surface area contributed by atoms with Crippen LogP contribution in [0.3, 0.4) is 0 Å². The van der Waals surface area contributed by atoms with E-state index in [0.717, 1.165) is 0 Å². The monoisotopic (exact) mass is 202 g/mol. The van der Waals surface area contributed by atoms with Gasteiger partial charge < -0.3 is 0 Å². The summed E-state index contributed by atoms with van der Waals surface area (Å²) in [5, 5.41) is 10.8. The summed E-state index contributed by atoms with van der Waals surface area (Å²) < 4.78 is 0. The maximum atomic E-state index is 10.5. The molecule has 0 aliphatic heterocycles. The number of nitrogens with zero attached hydrogens (tertiary/aromatic N) is 1. The molecule has 0 bridgehead atoms. The molecule has 0 unspecified atom stereocenters. The van der Waals surface area contributed by atoms with E-state index >= 15 is 0 Å². The molecule has 2 N–H and O–H groups in total. The molecule has 1 rings (SSSR count). The number of benzene rings is 1. The zero-order valence-electron chi connectivity index (χ0n) is 6.57. The van der Waals surface area contributed by atoms with Crippen molar-refractivity contribution in [2.75, 3.05) is 0 Å². The predicted molar refractivity (Wildman–Crippen MR) is 47.1 cm³/mol. The van der Waals surface area contributed by atoms with Gasteiger partial charge in [0.1, 0.15) is 0 Å². The smallest absolute Gasteiger partial charge is 0.276 e. The first kappa shape index (κ1) is 9.91. The van der Waals surface area contributed by atoms with Gasteiger partial charge >= 0.3 is 0 Å². The van der Waals surface area contributed by atoms with Crippen LogP contribution in [0, 0.1) is 10.1 Å². The Labute approximate surface area is 79.2 Å². The van der Waals surface area contributed by atoms with Gasteiger partial charge in [-0.2, -0.15) is 0 Å². The van der Waals surface area contributed by atoms with Crippen LogP contribution in [-0.2, 0) is 11.4 Å². The Morgan fingerprint density at radius 2 is 2.31 bits per heavy atom. The maximum absolute atomic E-state index is 10.5. The lowest BCUT2D eigenvalue weighted by atomic mass is 10.2. The van der Waals surface area contributed by atoms with Crippen molar-refractivity contribution in [2.45, 2.75) is 6.61 Å². The van der Waals surface area contributed by atoms with E-state index < -0.39 is 4.92 Å². The highest BCUT2D eigenvalue weighted by atomic mass is 35.5. The Hall–Kier alpha value is -1.17. The minimum atomic E-state index is -0.528. The van der Waals surface area contributed by atoms with E-state index in [1.165, 1.54) is 12.1 Å². The number of hydrogen-bond acceptors (Lipinski definition) is 4. The van der Waals surface area contributed by atoms with Gasteiger partial charge in [-0.3, -0.25) is 15.0 Å². The molecule has 70 valence electrons. The summed E-state index contributed by atoms with van der Waals surface area (Å²) in [7, 11) is 0. The van der Waals surface area contributed by atoms with Gasteiger partial charge in [-0.15, -0.1) is 0 Å². The van der Waals surface area contributed by atoms with Crippen LogP contribution in [-0.4, -0.2) is 4.92 Å². The molecule has 1 aromatic rings. The second-order valence-electron chi connectivity index (χ2n) is 2.34. The first-order valence-electron chi connectivity index (χ1n) is 3.39. The topological polar surface area (TPSA) is 78.4 Å². The molecular weight excluding hydrogens is 196 g/mol. The predicted octanol–water partition coefficient (Wildman–Crippen LogP) is 1.64. The molecule has 0 radical (unpaired) electrons. The fourth-order valence-corrected chi connectivity index (χ4v) is 1.09. The highest BCUT2D eigenvalue weighted by Gasteiger charge is 2.13. The van der Waals surface area contributed by atoms with E-state index in [1.807, 2.05) is 0 Å². The molecule has 1 aromatic carbocycles. The molecule has 0 aromatic heterocycles. The molecule has 6 heteroatoms. The van der Waals surface area contributed by atoms with E-state index in [4.69, 9.17) is 17.5 Å². The third-order valence-corrected chi connectivity index (χ3v) is 1.72. The first-order valence-corrected chi connectivity index (χ1v) is 3.77. The molecule has 0 spiro atoms. The largest absolute Gasteiger partial charge is 0.300 e. The SMILES string of the molecule is NOCc1ccc(Cl)cc1[N+](=O)[O-]. The second-order valence-corrected chi connectivity index (χ2v) is 2.78. The Morgan fingerprint density at radius 3 is 2.85 bits per heavy atom. The Bertz CT molecular complexity index is 330. The molecule has 0 fully saturated rings. The molecule has 13 heavy (non-hydrogen) atoms. The summed E-state index contributed by atoms with van der Waals surface area (Å²) in [6.07, 6.45) is 0. The lowest BCUT2D eigenvalue weighted by Crippen LogP contribution is -2.02. The lowest BCUT2D eigenvalue weighted by Gasteiger charge is -2.00. The summed E-state index contributed by atoms with van der Waals surface area (Å²) in [4.78, 5) is 14.3. The third kappa shape index (κ3) is 2.38. The van der Waals surface area contributed by atoms with Crippen molar-refractivity contribution in [1.82, 2.24) is 0 Å². The maximum Gasteiger partial charge on any atom is 0.276 e. The van der Waals surface area contributed by atoms with Gasteiger partial charge in [-0.1, -0.05) is 11.6 Å². The zero-order valence-corrected chi connectivity index (χ0v) is 7.32. The van der Waals surface area contributed by atoms with Crippen molar-refractivity contribution in [1.29, 1.82) is 0 Å². The van der Waals surface area contributed by atoms with Gasteiger partial charge in [0.05, 0.1) is 17.1 Å². The van der Waals surface area contributed by atoms with Gasteiger partial charge in [0, 0.05) is 11.1 Å². The number of hydrogen-bond donors (Lipinski definition) is 1. The van der Waals surface area contributed by atoms with Crippen molar-refractivity contribution in [3.8, 4) is 0 Å². The molecule has 0 heterocycles. The molecule has 0 aliphatic rings. The van der Waals surface area contributed by atoms with Gasteiger partial charge in [0.15, 0.2) is 0 Å². The summed E-state index contributed by atoms with van der Waals surface area (Å²) in [6.45, 7) is -0.00647. The van der Waals surface area contributed by atoms with Crippen LogP contribution in [0.5, 0.6) is 0 Å².